The zero-order valence-electron chi connectivity index (χ0n) is 16.3. The highest BCUT2D eigenvalue weighted by molar-refractivity contribution is 14.1. The fourth-order valence-electron chi connectivity index (χ4n) is 3.35. The zero-order valence-corrected chi connectivity index (χ0v) is 19.3. The van der Waals surface area contributed by atoms with Gasteiger partial charge in [-0.2, -0.15) is 0 Å². The molecule has 3 aromatic rings. The van der Waals surface area contributed by atoms with Crippen LogP contribution < -0.4 is 21.0 Å². The van der Waals surface area contributed by atoms with Gasteiger partial charge in [-0.1, -0.05) is 67.9 Å². The molecule has 0 heterocycles. The van der Waals surface area contributed by atoms with E-state index in [4.69, 9.17) is 9.90 Å². The van der Waals surface area contributed by atoms with Crippen LogP contribution in [0.5, 0.6) is 0 Å². The number of carbonyl (C=O) groups excluding carboxylic acids is 1. The van der Waals surface area contributed by atoms with Crippen molar-refractivity contribution in [1.82, 2.24) is 0 Å². The van der Waals surface area contributed by atoms with Gasteiger partial charge in [0.25, 0.3) is 0 Å². The van der Waals surface area contributed by atoms with Crippen LogP contribution in [0.3, 0.4) is 0 Å². The summed E-state index contributed by atoms with van der Waals surface area (Å²) in [5, 5.41) is 13.3. The molecule has 0 aliphatic carbocycles. The molecular weight excluding hydrogens is 478 g/mol. The highest BCUT2D eigenvalue weighted by Crippen LogP contribution is 2.63. The van der Waals surface area contributed by atoms with Crippen molar-refractivity contribution in [1.29, 1.82) is 0 Å². The molecule has 3 rings (SSSR count). The first-order valence-electron chi connectivity index (χ1n) is 9.40. The minimum Gasteiger partial charge on any atom is -0.550 e. The second-order valence-corrected chi connectivity index (χ2v) is 12.6. The van der Waals surface area contributed by atoms with Gasteiger partial charge in [-0.3, -0.25) is 0 Å². The highest BCUT2D eigenvalue weighted by Gasteiger charge is 2.50. The van der Waals surface area contributed by atoms with E-state index in [9.17, 15) is 0 Å². The van der Waals surface area contributed by atoms with Crippen molar-refractivity contribution in [3.63, 3.8) is 0 Å². The largest absolute Gasteiger partial charge is 0.550 e. The van der Waals surface area contributed by atoms with Crippen molar-refractivity contribution in [2.45, 2.75) is 30.4 Å². The van der Waals surface area contributed by atoms with E-state index in [0.717, 1.165) is 6.92 Å². The summed E-state index contributed by atoms with van der Waals surface area (Å²) in [6.07, 6.45) is 2.44. The van der Waals surface area contributed by atoms with Crippen LogP contribution in [0.1, 0.15) is 26.7 Å². The summed E-state index contributed by atoms with van der Waals surface area (Å²) in [6, 6.07) is 33.4. The first-order valence-corrected chi connectivity index (χ1v) is 12.5. The third-order valence-electron chi connectivity index (χ3n) is 4.44. The Kier molecular flexibility index (Phi) is 9.14. The zero-order chi connectivity index (χ0) is 20.4. The van der Waals surface area contributed by atoms with Crippen molar-refractivity contribution < 1.29 is 9.90 Å². The van der Waals surface area contributed by atoms with E-state index in [0.29, 0.717) is 3.67 Å². The van der Waals surface area contributed by atoms with Gasteiger partial charge in [0.1, 0.15) is 26.8 Å². The molecule has 146 valence electrons. The van der Waals surface area contributed by atoms with E-state index in [1.807, 2.05) is 0 Å². The van der Waals surface area contributed by atoms with Crippen LogP contribution in [-0.2, 0) is 4.79 Å². The molecule has 0 N–H and O–H groups in total. The summed E-state index contributed by atoms with van der Waals surface area (Å²) in [6.45, 7) is 3.27. The van der Waals surface area contributed by atoms with Gasteiger partial charge in [0, 0.05) is 5.97 Å². The number of hydrogen-bond donors (Lipinski definition) is 0. The lowest BCUT2D eigenvalue weighted by molar-refractivity contribution is -0.302. The standard InChI is InChI=1S/C22H23IP.C2H4O2/c1-2-12-22(23)24(19-13-6-3-7-14-19,20-15-8-4-9-16-20)21-17-10-5-11-18-21;1-2(3)4/h3-11,13-18,22H,2,12H2,1H3;1H3,(H,3,4)/q+1;/p-1. The van der Waals surface area contributed by atoms with Gasteiger partial charge in [-0.05, 0) is 72.3 Å². The summed E-state index contributed by atoms with van der Waals surface area (Å²) in [7, 11) is -1.67. The fraction of sp³-hybridized carbons (Fsp3) is 0.208. The Balaban J connectivity index is 0.000000640. The lowest BCUT2D eigenvalue weighted by Gasteiger charge is -2.31. The molecule has 0 spiro atoms. The molecule has 3 aromatic carbocycles. The van der Waals surface area contributed by atoms with Crippen LogP contribution in [-0.4, -0.2) is 9.64 Å². The number of alkyl halides is 1. The molecule has 0 radical (unpaired) electrons. The van der Waals surface area contributed by atoms with Gasteiger partial charge in [0.2, 0.25) is 0 Å². The van der Waals surface area contributed by atoms with Gasteiger partial charge < -0.3 is 9.90 Å². The molecule has 4 heteroatoms. The van der Waals surface area contributed by atoms with E-state index in [2.05, 4.69) is 121 Å². The number of hydrogen-bond acceptors (Lipinski definition) is 2. The number of carboxylic acid groups (broad SMARTS) is 1. The Morgan fingerprint density at radius 2 is 1.11 bits per heavy atom. The second kappa shape index (κ2) is 11.3. The number of benzene rings is 3. The average molecular weight is 504 g/mol. The summed E-state index contributed by atoms with van der Waals surface area (Å²) in [5.41, 5.74) is 0. The van der Waals surface area contributed by atoms with E-state index in [1.54, 1.807) is 0 Å². The summed E-state index contributed by atoms with van der Waals surface area (Å²) < 4.78 is 0.590. The van der Waals surface area contributed by atoms with Crippen molar-refractivity contribution in [2.75, 3.05) is 0 Å². The Labute approximate surface area is 182 Å². The minimum absolute atomic E-state index is 0.590. The van der Waals surface area contributed by atoms with Gasteiger partial charge >= 0.3 is 0 Å². The van der Waals surface area contributed by atoms with Crippen LogP contribution in [0.15, 0.2) is 91.0 Å². The quantitative estimate of drug-likeness (QED) is 0.286. The maximum atomic E-state index is 8.89. The Morgan fingerprint density at radius 1 is 0.821 bits per heavy atom. The Hall–Kier alpha value is -1.71. The molecule has 2 nitrogen and oxygen atoms in total. The number of carboxylic acids is 1. The normalized spacial score (nSPS) is 11.8. The fourth-order valence-corrected chi connectivity index (χ4v) is 11.3. The molecule has 0 aliphatic rings. The first kappa shape index (κ1) is 22.6. The molecule has 28 heavy (non-hydrogen) atoms. The topological polar surface area (TPSA) is 40.1 Å². The van der Waals surface area contributed by atoms with Gasteiger partial charge in [-0.15, -0.1) is 0 Å². The molecule has 0 aliphatic heterocycles. The number of rotatable bonds is 6. The lowest BCUT2D eigenvalue weighted by Crippen LogP contribution is -2.36. The maximum Gasteiger partial charge on any atom is 0.133 e. The van der Waals surface area contributed by atoms with Crippen LogP contribution in [0.25, 0.3) is 0 Å². The van der Waals surface area contributed by atoms with Crippen LogP contribution in [0.2, 0.25) is 0 Å². The van der Waals surface area contributed by atoms with E-state index in [1.165, 1.54) is 28.8 Å². The van der Waals surface area contributed by atoms with Crippen molar-refractivity contribution in [2.24, 2.45) is 0 Å². The average Bonchev–Trinajstić information content (AvgIpc) is 2.71. The van der Waals surface area contributed by atoms with Crippen LogP contribution in [0, 0.1) is 0 Å². The van der Waals surface area contributed by atoms with E-state index >= 15 is 0 Å². The molecule has 0 amide bonds. The van der Waals surface area contributed by atoms with E-state index in [-0.39, 0.29) is 0 Å². The monoisotopic (exact) mass is 504 g/mol. The number of aliphatic carboxylic acids is 1. The van der Waals surface area contributed by atoms with Gasteiger partial charge in [-0.25, -0.2) is 0 Å². The van der Waals surface area contributed by atoms with Crippen molar-refractivity contribution in [3.8, 4) is 0 Å². The molecule has 0 fully saturated rings. The maximum absolute atomic E-state index is 8.89. The van der Waals surface area contributed by atoms with Crippen molar-refractivity contribution in [3.05, 3.63) is 91.0 Å². The number of halogens is 1. The highest BCUT2D eigenvalue weighted by atomic mass is 127. The molecule has 0 saturated heterocycles. The van der Waals surface area contributed by atoms with Crippen molar-refractivity contribution >= 4 is 51.7 Å². The van der Waals surface area contributed by atoms with Gasteiger partial charge in [0.05, 0.1) is 0 Å². The second-order valence-electron chi connectivity index (χ2n) is 6.44. The van der Waals surface area contributed by atoms with Crippen LogP contribution >= 0.6 is 29.9 Å². The molecular formula is C24H26IO2P. The summed E-state index contributed by atoms with van der Waals surface area (Å²) >= 11 is 2.72. The smallest absolute Gasteiger partial charge is 0.133 e. The van der Waals surface area contributed by atoms with E-state index < -0.39 is 13.2 Å². The third kappa shape index (κ3) is 5.42. The predicted molar refractivity (Wildman–Crippen MR) is 129 cm³/mol. The summed E-state index contributed by atoms with van der Waals surface area (Å²) in [4.78, 5) is 8.89. The molecule has 0 saturated carbocycles. The van der Waals surface area contributed by atoms with Crippen LogP contribution in [0.4, 0.5) is 0 Å². The molecule has 1 unspecified atom stereocenters. The SMILES string of the molecule is CC(=O)[O-].CCCC(I)[P+](c1ccccc1)(c1ccccc1)c1ccccc1. The lowest BCUT2D eigenvalue weighted by atomic mass is 10.3. The number of carbonyl (C=O) groups is 1. The molecule has 0 aromatic heterocycles. The molecule has 0 bridgehead atoms. The van der Waals surface area contributed by atoms with Gasteiger partial charge in [0.15, 0.2) is 0 Å². The Bertz CT molecular complexity index is 738. The third-order valence-corrected chi connectivity index (χ3v) is 12.0. The minimum atomic E-state index is -1.67. The Morgan fingerprint density at radius 3 is 1.36 bits per heavy atom. The first-order chi connectivity index (χ1) is 13.5. The summed E-state index contributed by atoms with van der Waals surface area (Å²) in [5.74, 6) is -1.08. The molecule has 1 atom stereocenters. The predicted octanol–water partition coefficient (Wildman–Crippen LogP) is 4.30.